The lowest BCUT2D eigenvalue weighted by Gasteiger charge is -2.73. The minimum absolute atomic E-state index is 0.0113. The number of hydrogen-bond donors (Lipinski definition) is 0. The van der Waals surface area contributed by atoms with Crippen LogP contribution in [0.25, 0.3) is 0 Å². The summed E-state index contributed by atoms with van der Waals surface area (Å²) in [5, 5.41) is 0. The molecule has 0 aromatic carbocycles. The normalized spacial score (nSPS) is 51.1. The lowest BCUT2D eigenvalue weighted by Crippen LogP contribution is -2.67. The number of allylic oxidation sites excluding steroid dienone is 1. The third-order valence-corrected chi connectivity index (χ3v) is 13.8. The molecule has 0 N–H and O–H groups in total. The summed E-state index contributed by atoms with van der Waals surface area (Å²) in [6, 6.07) is 0. The Morgan fingerprint density at radius 1 is 0.833 bits per heavy atom. The topological polar surface area (TPSA) is 52.6 Å². The van der Waals surface area contributed by atoms with Gasteiger partial charge in [0.15, 0.2) is 0 Å². The number of rotatable bonds is 6. The third-order valence-electron chi connectivity index (χ3n) is 13.8. The van der Waals surface area contributed by atoms with Gasteiger partial charge < -0.3 is 9.47 Å². The fourth-order valence-corrected chi connectivity index (χ4v) is 12.0. The van der Waals surface area contributed by atoms with Crippen molar-refractivity contribution >= 4 is 12.9 Å². The largest absolute Gasteiger partial charge is 0.467 e. The molecule has 5 fully saturated rings. The lowest BCUT2D eigenvalue weighted by molar-refractivity contribution is -0.250. The maximum atomic E-state index is 11.3. The van der Waals surface area contributed by atoms with Gasteiger partial charge in [0.25, 0.3) is 12.9 Å². The first-order valence-electron chi connectivity index (χ1n) is 14.7. The number of ether oxygens (including phenoxy) is 2. The van der Waals surface area contributed by atoms with Crippen molar-refractivity contribution in [1.29, 1.82) is 0 Å². The second kappa shape index (κ2) is 8.60. The Hall–Kier alpha value is -1.32. The van der Waals surface area contributed by atoms with Crippen LogP contribution in [-0.2, 0) is 19.1 Å². The van der Waals surface area contributed by atoms with E-state index in [4.69, 9.17) is 9.47 Å². The monoisotopic (exact) mass is 498 g/mol. The number of carbonyl (C=O) groups excluding carboxylic acids is 2. The molecule has 5 aliphatic rings. The van der Waals surface area contributed by atoms with Crippen LogP contribution in [0.5, 0.6) is 0 Å². The molecule has 202 valence electrons. The molecule has 4 nitrogen and oxygen atoms in total. The zero-order valence-corrected chi connectivity index (χ0v) is 23.7. The van der Waals surface area contributed by atoms with Crippen LogP contribution >= 0.6 is 0 Å². The van der Waals surface area contributed by atoms with Gasteiger partial charge in [-0.25, -0.2) is 0 Å². The lowest BCUT2D eigenvalue weighted by atomic mass is 9.32. The molecule has 0 aliphatic heterocycles. The summed E-state index contributed by atoms with van der Waals surface area (Å²) in [5.41, 5.74) is 2.34. The summed E-state index contributed by atoms with van der Waals surface area (Å²) in [7, 11) is 0. The predicted molar refractivity (Wildman–Crippen MR) is 142 cm³/mol. The number of fused-ring (bicyclic) bond motifs is 7. The van der Waals surface area contributed by atoms with Crippen LogP contribution in [0, 0.1) is 56.7 Å². The van der Waals surface area contributed by atoms with Gasteiger partial charge in [-0.2, -0.15) is 0 Å². The standard InChI is InChI=1S/C32H50O4/c1-21(2)22-10-15-32(18-35-19-33)17-16-30(6)23(27(22)32)8-9-25-29(5)13-12-26(36-20-34)28(3,4)24(29)11-14-31(25,30)7/h19-20,22-27H,1,8-18H2,2-7H3/t22-,23+,24+,25+,26-,27+,29-,30+,31+,32+/m0/s1. The van der Waals surface area contributed by atoms with Gasteiger partial charge in [-0.1, -0.05) is 46.8 Å². The van der Waals surface area contributed by atoms with E-state index in [1.807, 2.05) is 0 Å². The van der Waals surface area contributed by atoms with Gasteiger partial charge in [0, 0.05) is 10.8 Å². The molecule has 0 spiro atoms. The third kappa shape index (κ3) is 3.30. The molecule has 0 aromatic heterocycles. The first-order valence-corrected chi connectivity index (χ1v) is 14.7. The molecule has 0 bridgehead atoms. The van der Waals surface area contributed by atoms with E-state index in [1.165, 1.54) is 56.9 Å². The fraction of sp³-hybridized carbons (Fsp3) is 0.875. The predicted octanol–water partition coefficient (Wildman–Crippen LogP) is 7.36. The fourth-order valence-electron chi connectivity index (χ4n) is 12.0. The van der Waals surface area contributed by atoms with Crippen molar-refractivity contribution in [3.63, 3.8) is 0 Å². The highest BCUT2D eigenvalue weighted by Crippen LogP contribution is 2.77. The first-order chi connectivity index (χ1) is 16.9. The van der Waals surface area contributed by atoms with Crippen molar-refractivity contribution in [2.45, 2.75) is 112 Å². The smallest absolute Gasteiger partial charge is 0.293 e. The Balaban J connectivity index is 1.51. The van der Waals surface area contributed by atoms with Crippen LogP contribution < -0.4 is 0 Å². The highest BCUT2D eigenvalue weighted by atomic mass is 16.5. The Labute approximate surface area is 219 Å². The summed E-state index contributed by atoms with van der Waals surface area (Å²) < 4.78 is 11.2. The van der Waals surface area contributed by atoms with E-state index in [1.54, 1.807) is 0 Å². The summed E-state index contributed by atoms with van der Waals surface area (Å²) in [4.78, 5) is 22.5. The van der Waals surface area contributed by atoms with Crippen molar-refractivity contribution in [1.82, 2.24) is 0 Å². The van der Waals surface area contributed by atoms with Gasteiger partial charge in [-0.05, 0) is 117 Å². The van der Waals surface area contributed by atoms with Crippen molar-refractivity contribution in [3.05, 3.63) is 12.2 Å². The van der Waals surface area contributed by atoms with Crippen molar-refractivity contribution in [2.24, 2.45) is 56.7 Å². The van der Waals surface area contributed by atoms with Gasteiger partial charge in [-0.3, -0.25) is 9.59 Å². The van der Waals surface area contributed by atoms with E-state index in [9.17, 15) is 9.59 Å². The van der Waals surface area contributed by atoms with Gasteiger partial charge in [0.1, 0.15) is 6.10 Å². The average molecular weight is 499 g/mol. The van der Waals surface area contributed by atoms with Gasteiger partial charge in [0.2, 0.25) is 0 Å². The summed E-state index contributed by atoms with van der Waals surface area (Å²) in [6.45, 7) is 21.2. The van der Waals surface area contributed by atoms with Crippen LogP contribution in [0.1, 0.15) is 106 Å². The number of hydrogen-bond acceptors (Lipinski definition) is 4. The molecule has 0 saturated heterocycles. The van der Waals surface area contributed by atoms with Gasteiger partial charge in [-0.15, -0.1) is 0 Å². The van der Waals surface area contributed by atoms with Crippen LogP contribution in [-0.4, -0.2) is 25.7 Å². The van der Waals surface area contributed by atoms with Gasteiger partial charge in [0.05, 0.1) is 6.61 Å². The summed E-state index contributed by atoms with van der Waals surface area (Å²) >= 11 is 0. The maximum absolute atomic E-state index is 11.3. The van der Waals surface area contributed by atoms with E-state index in [0.29, 0.717) is 54.6 Å². The average Bonchev–Trinajstić information content (AvgIpc) is 3.20. The SMILES string of the molecule is C=C(C)[C@@H]1CC[C@]2(COC=O)CC[C@]3(C)[C@H](CC[C@@H]4[C@@]5(C)CC[C@H](OC=O)C(C)(C)[C@H]5CC[C@]43C)[C@@H]12. The minimum atomic E-state index is 0.0113. The van der Waals surface area contributed by atoms with Crippen molar-refractivity contribution in [2.75, 3.05) is 6.61 Å². The van der Waals surface area contributed by atoms with Crippen LogP contribution in [0.15, 0.2) is 12.2 Å². The zero-order chi connectivity index (χ0) is 26.1. The van der Waals surface area contributed by atoms with E-state index in [0.717, 1.165) is 12.8 Å². The van der Waals surface area contributed by atoms with Crippen LogP contribution in [0.3, 0.4) is 0 Å². The second-order valence-electron chi connectivity index (χ2n) is 15.0. The maximum Gasteiger partial charge on any atom is 0.293 e. The molecular weight excluding hydrogens is 448 g/mol. The van der Waals surface area contributed by atoms with E-state index in [2.05, 4.69) is 48.1 Å². The number of carbonyl (C=O) groups is 2. The molecule has 0 amide bonds. The van der Waals surface area contributed by atoms with Crippen LogP contribution in [0.4, 0.5) is 0 Å². The Bertz CT molecular complexity index is 910. The minimum Gasteiger partial charge on any atom is -0.467 e. The van der Waals surface area contributed by atoms with E-state index in [-0.39, 0.29) is 27.8 Å². The van der Waals surface area contributed by atoms with Gasteiger partial charge >= 0.3 is 0 Å². The highest BCUT2D eigenvalue weighted by Gasteiger charge is 2.71. The Kier molecular flexibility index (Phi) is 6.28. The quantitative estimate of drug-likeness (QED) is 0.284. The first kappa shape index (κ1) is 26.3. The highest BCUT2D eigenvalue weighted by molar-refractivity contribution is 5.38. The molecule has 0 unspecified atom stereocenters. The molecule has 10 atom stereocenters. The molecule has 0 aromatic rings. The Morgan fingerprint density at radius 3 is 2.25 bits per heavy atom. The molecule has 0 heterocycles. The van der Waals surface area contributed by atoms with Crippen molar-refractivity contribution < 1.29 is 19.1 Å². The molecule has 36 heavy (non-hydrogen) atoms. The van der Waals surface area contributed by atoms with Crippen LogP contribution in [0.2, 0.25) is 0 Å². The molecule has 4 heteroatoms. The summed E-state index contributed by atoms with van der Waals surface area (Å²) in [5.74, 6) is 3.07. The molecule has 5 rings (SSSR count). The molecular formula is C32H50O4. The summed E-state index contributed by atoms with van der Waals surface area (Å²) in [6.07, 6.45) is 12.0. The van der Waals surface area contributed by atoms with E-state index < -0.39 is 0 Å². The zero-order valence-electron chi connectivity index (χ0n) is 23.7. The molecule has 0 radical (unpaired) electrons. The molecule has 5 aliphatic carbocycles. The second-order valence-corrected chi connectivity index (χ2v) is 15.0. The molecule has 5 saturated carbocycles. The van der Waals surface area contributed by atoms with Crippen molar-refractivity contribution in [3.8, 4) is 0 Å². The van der Waals surface area contributed by atoms with E-state index >= 15 is 0 Å². The Morgan fingerprint density at radius 2 is 1.58 bits per heavy atom.